The smallest absolute Gasteiger partial charge is 0.270 e. The molecule has 1 amide bonds. The van der Waals surface area contributed by atoms with Crippen LogP contribution in [0.4, 0.5) is 5.69 Å². The molecule has 0 unspecified atom stereocenters. The van der Waals surface area contributed by atoms with E-state index in [1.807, 2.05) is 36.4 Å². The van der Waals surface area contributed by atoms with E-state index in [1.54, 1.807) is 37.4 Å². The number of amides is 1. The number of carbonyl (C=O) groups excluding carboxylic acids is 1. The summed E-state index contributed by atoms with van der Waals surface area (Å²) in [6, 6.07) is 18.1. The third-order valence-electron chi connectivity index (χ3n) is 4.56. The number of nitrogens with one attached hydrogen (secondary N) is 2. The Labute approximate surface area is 183 Å². The number of hydrogen-bond acceptors (Lipinski definition) is 6. The number of carbonyl (C=O) groups is 1. The summed E-state index contributed by atoms with van der Waals surface area (Å²) in [5, 5.41) is 24.8. The van der Waals surface area contributed by atoms with Gasteiger partial charge in [0.25, 0.3) is 11.5 Å². The second-order valence-electron chi connectivity index (χ2n) is 6.63. The Balaban J connectivity index is 1.85. The first-order valence-electron chi connectivity index (χ1n) is 9.75. The Bertz CT molecular complexity index is 1270. The Morgan fingerprint density at radius 3 is 2.55 bits per heavy atom. The second kappa shape index (κ2) is 10.3. The number of anilines is 1. The molecule has 3 rings (SSSR count). The maximum atomic E-state index is 12.7. The molecule has 0 atom stereocenters. The molecule has 2 aromatic carbocycles. The minimum atomic E-state index is -0.521. The number of phenols is 1. The maximum absolute atomic E-state index is 12.7. The average Bonchev–Trinajstić information content (AvgIpc) is 3.10. The molecule has 31 heavy (non-hydrogen) atoms. The fraction of sp³-hybridized carbons (Fsp3) is 0.174. The monoisotopic (exact) mass is 434 g/mol. The van der Waals surface area contributed by atoms with E-state index in [4.69, 9.17) is 0 Å². The van der Waals surface area contributed by atoms with E-state index >= 15 is 0 Å². The van der Waals surface area contributed by atoms with Crippen LogP contribution in [0.2, 0.25) is 0 Å². The van der Waals surface area contributed by atoms with Gasteiger partial charge in [-0.15, -0.1) is 11.3 Å². The summed E-state index contributed by atoms with van der Waals surface area (Å²) in [5.74, 6) is -0.343. The molecule has 8 heteroatoms. The van der Waals surface area contributed by atoms with Gasteiger partial charge in [0, 0.05) is 25.0 Å². The summed E-state index contributed by atoms with van der Waals surface area (Å²) in [6.07, 6.45) is 2.14. The van der Waals surface area contributed by atoms with Gasteiger partial charge in [0.15, 0.2) is 5.57 Å². The molecule has 0 radical (unpaired) electrons. The van der Waals surface area contributed by atoms with Crippen molar-refractivity contribution < 1.29 is 9.90 Å². The van der Waals surface area contributed by atoms with Crippen LogP contribution in [-0.4, -0.2) is 22.1 Å². The van der Waals surface area contributed by atoms with Crippen LogP contribution in [0.3, 0.4) is 0 Å². The van der Waals surface area contributed by atoms with Crippen LogP contribution in [0.25, 0.3) is 11.8 Å². The molecule has 0 saturated heterocycles. The van der Waals surface area contributed by atoms with Crippen molar-refractivity contribution in [3.05, 3.63) is 79.7 Å². The highest BCUT2D eigenvalue weighted by Gasteiger charge is 2.15. The molecular formula is C23H22N4O3S. The molecule has 1 heterocycles. The minimum Gasteiger partial charge on any atom is -0.508 e. The molecular weight excluding hydrogens is 412 g/mol. The van der Waals surface area contributed by atoms with Crippen molar-refractivity contribution >= 4 is 34.7 Å². The highest BCUT2D eigenvalue weighted by Crippen LogP contribution is 2.09. The summed E-state index contributed by atoms with van der Waals surface area (Å²) in [7, 11) is 0. The number of nitrogens with zero attached hydrogens (tertiary/aromatic N) is 2. The number of aromatic nitrogens is 1. The number of thiazole rings is 1. The van der Waals surface area contributed by atoms with Crippen LogP contribution in [0.1, 0.15) is 12.5 Å². The molecule has 0 fully saturated rings. The lowest BCUT2D eigenvalue weighted by Crippen LogP contribution is -2.35. The van der Waals surface area contributed by atoms with Crippen molar-refractivity contribution in [3.63, 3.8) is 0 Å². The van der Waals surface area contributed by atoms with Crippen LogP contribution < -0.4 is 25.4 Å². The van der Waals surface area contributed by atoms with Crippen LogP contribution >= 0.6 is 11.3 Å². The van der Waals surface area contributed by atoms with E-state index in [0.717, 1.165) is 22.6 Å². The zero-order valence-electron chi connectivity index (χ0n) is 17.0. The highest BCUT2D eigenvalue weighted by atomic mass is 32.1. The molecule has 3 aromatic rings. The molecule has 0 spiro atoms. The lowest BCUT2D eigenvalue weighted by Gasteiger charge is -2.05. The van der Waals surface area contributed by atoms with Crippen LogP contribution in [0.5, 0.6) is 5.75 Å². The summed E-state index contributed by atoms with van der Waals surface area (Å²) < 4.78 is 2.17. The van der Waals surface area contributed by atoms with Gasteiger partial charge in [0.1, 0.15) is 21.0 Å². The molecule has 0 aliphatic heterocycles. The molecule has 0 bridgehead atoms. The summed E-state index contributed by atoms with van der Waals surface area (Å²) in [5.41, 5.74) is 1.43. The Morgan fingerprint density at radius 1 is 1.19 bits per heavy atom. The van der Waals surface area contributed by atoms with Gasteiger partial charge >= 0.3 is 0 Å². The zero-order chi connectivity index (χ0) is 22.2. The SMILES string of the molecule is CCn1c(=O)/c(=C\Nc2ccccc2)s/c1=C(/C#N)C(=O)NCCc1ccc(O)cc1. The summed E-state index contributed by atoms with van der Waals surface area (Å²) in [6.45, 7) is 2.46. The first-order valence-corrected chi connectivity index (χ1v) is 10.6. The van der Waals surface area contributed by atoms with Crippen molar-refractivity contribution in [1.82, 2.24) is 9.88 Å². The van der Waals surface area contributed by atoms with Crippen molar-refractivity contribution in [1.29, 1.82) is 5.26 Å². The van der Waals surface area contributed by atoms with E-state index in [-0.39, 0.29) is 16.9 Å². The minimum absolute atomic E-state index is 0.0889. The van der Waals surface area contributed by atoms with E-state index < -0.39 is 5.91 Å². The number of phenolic OH excluding ortho intramolecular Hbond substituents is 1. The van der Waals surface area contributed by atoms with Crippen LogP contribution in [-0.2, 0) is 17.8 Å². The topological polar surface area (TPSA) is 107 Å². The van der Waals surface area contributed by atoms with Gasteiger partial charge in [0.2, 0.25) is 0 Å². The fourth-order valence-electron chi connectivity index (χ4n) is 2.94. The van der Waals surface area contributed by atoms with Crippen molar-refractivity contribution in [2.45, 2.75) is 19.9 Å². The van der Waals surface area contributed by atoms with E-state index in [1.165, 1.54) is 4.57 Å². The summed E-state index contributed by atoms with van der Waals surface area (Å²) in [4.78, 5) is 25.4. The van der Waals surface area contributed by atoms with E-state index in [9.17, 15) is 20.0 Å². The Morgan fingerprint density at radius 2 is 1.90 bits per heavy atom. The lowest BCUT2D eigenvalue weighted by atomic mass is 10.1. The molecule has 0 aliphatic carbocycles. The molecule has 158 valence electrons. The van der Waals surface area contributed by atoms with Crippen molar-refractivity contribution in [2.24, 2.45) is 0 Å². The van der Waals surface area contributed by atoms with Gasteiger partial charge in [-0.3, -0.25) is 14.2 Å². The Kier molecular flexibility index (Phi) is 7.25. The average molecular weight is 435 g/mol. The number of para-hydroxylation sites is 1. The Hall–Kier alpha value is -3.83. The van der Waals surface area contributed by atoms with Gasteiger partial charge in [-0.05, 0) is 43.2 Å². The molecule has 0 aliphatic rings. The second-order valence-corrected chi connectivity index (χ2v) is 7.67. The molecule has 1 aromatic heterocycles. The van der Waals surface area contributed by atoms with Crippen LogP contribution in [0, 0.1) is 11.3 Å². The number of aromatic hydroxyl groups is 1. The maximum Gasteiger partial charge on any atom is 0.270 e. The predicted molar refractivity (Wildman–Crippen MR) is 122 cm³/mol. The number of hydrogen-bond donors (Lipinski definition) is 3. The van der Waals surface area contributed by atoms with Gasteiger partial charge in [0.05, 0.1) is 0 Å². The highest BCUT2D eigenvalue weighted by molar-refractivity contribution is 7.07. The standard InChI is InChI=1S/C23H22N4O3S/c1-2-27-22(30)20(15-26-17-6-4-3-5-7-17)31-23(27)19(14-24)21(29)25-13-12-16-8-10-18(28)11-9-16/h3-11,15,26,28H,2,12-13H2,1H3,(H,25,29)/b20-15+,23-19-. The first kappa shape index (κ1) is 21.9. The quantitative estimate of drug-likeness (QED) is 0.523. The third kappa shape index (κ3) is 5.41. The summed E-state index contributed by atoms with van der Waals surface area (Å²) >= 11 is 1.11. The van der Waals surface area contributed by atoms with Crippen molar-refractivity contribution in [2.75, 3.05) is 11.9 Å². The van der Waals surface area contributed by atoms with Crippen molar-refractivity contribution in [3.8, 4) is 11.8 Å². The zero-order valence-corrected chi connectivity index (χ0v) is 17.8. The van der Waals surface area contributed by atoms with Gasteiger partial charge in [-0.2, -0.15) is 5.26 Å². The third-order valence-corrected chi connectivity index (χ3v) is 5.69. The molecule has 0 saturated carbocycles. The van der Waals surface area contributed by atoms with Gasteiger partial charge < -0.3 is 15.7 Å². The molecule has 3 N–H and O–H groups in total. The fourth-order valence-corrected chi connectivity index (χ4v) is 4.03. The first-order chi connectivity index (χ1) is 15.0. The largest absolute Gasteiger partial charge is 0.508 e. The van der Waals surface area contributed by atoms with E-state index in [2.05, 4.69) is 10.6 Å². The van der Waals surface area contributed by atoms with Crippen LogP contribution in [0.15, 0.2) is 59.4 Å². The number of nitriles is 1. The van der Waals surface area contributed by atoms with E-state index in [0.29, 0.717) is 28.7 Å². The normalized spacial score (nSPS) is 12.2. The number of rotatable bonds is 7. The predicted octanol–water partition coefficient (Wildman–Crippen LogP) is 1.52. The van der Waals surface area contributed by atoms with Gasteiger partial charge in [-0.25, -0.2) is 0 Å². The van der Waals surface area contributed by atoms with Gasteiger partial charge in [-0.1, -0.05) is 30.3 Å². The lowest BCUT2D eigenvalue weighted by molar-refractivity contribution is -0.115. The molecule has 7 nitrogen and oxygen atoms in total. The number of benzene rings is 2.